The van der Waals surface area contributed by atoms with Crippen LogP contribution in [0.4, 0.5) is 4.79 Å². The molecule has 0 rings (SSSR count). The molecule has 5 heteroatoms. The number of carbonyl (C=O) groups excluding carboxylic acids is 2. The molecule has 78 valence electrons. The molecule has 0 aromatic heterocycles. The van der Waals surface area contributed by atoms with Gasteiger partial charge in [0.1, 0.15) is 0 Å². The summed E-state index contributed by atoms with van der Waals surface area (Å²) in [6.07, 6.45) is 4.10. The van der Waals surface area contributed by atoms with Gasteiger partial charge in [0.15, 0.2) is 0 Å². The highest BCUT2D eigenvalue weighted by atomic mass is 16.2. The third-order valence-electron chi connectivity index (χ3n) is 0.845. The standard InChI is InChI=1S/C6H10N2O.C3H5NO/c1-3-5-8-6(9)7-4-2;1-2-3(4)5/h3-4H,1,5H2,2H3,(H,8,9);2H,1H2,(H2,4,5). The highest BCUT2D eigenvalue weighted by Crippen LogP contribution is 1.70. The summed E-state index contributed by atoms with van der Waals surface area (Å²) in [7, 11) is 0. The molecule has 3 amide bonds. The van der Waals surface area contributed by atoms with Gasteiger partial charge in [0.25, 0.3) is 0 Å². The smallest absolute Gasteiger partial charge is 0.340 e. The van der Waals surface area contributed by atoms with E-state index < -0.39 is 5.91 Å². The van der Waals surface area contributed by atoms with E-state index in [4.69, 9.17) is 0 Å². The molecule has 0 aliphatic heterocycles. The first-order chi connectivity index (χ1) is 6.58. The van der Waals surface area contributed by atoms with Crippen molar-refractivity contribution in [3.8, 4) is 0 Å². The fourth-order valence-electron chi connectivity index (χ4n) is 0.322. The molecule has 3 N–H and O–H groups in total. The molecule has 0 fully saturated rings. The summed E-state index contributed by atoms with van der Waals surface area (Å²) >= 11 is 0. The Hall–Kier alpha value is -1.91. The van der Waals surface area contributed by atoms with E-state index in [-0.39, 0.29) is 6.03 Å². The number of aliphatic imine (C=N–C) groups is 1. The normalized spacial score (nSPS) is 8.36. The molecule has 5 nitrogen and oxygen atoms in total. The average molecular weight is 197 g/mol. The van der Waals surface area contributed by atoms with E-state index in [2.05, 4.69) is 29.2 Å². The van der Waals surface area contributed by atoms with Crippen LogP contribution in [0.25, 0.3) is 0 Å². The molecule has 0 radical (unpaired) electrons. The van der Waals surface area contributed by atoms with Crippen molar-refractivity contribution >= 4 is 18.2 Å². The van der Waals surface area contributed by atoms with Gasteiger partial charge in [0, 0.05) is 12.8 Å². The minimum absolute atomic E-state index is 0.322. The zero-order valence-electron chi connectivity index (χ0n) is 8.19. The first kappa shape index (κ1) is 14.6. The quantitative estimate of drug-likeness (QED) is 0.395. The van der Waals surface area contributed by atoms with E-state index in [1.807, 2.05) is 0 Å². The summed E-state index contributed by atoms with van der Waals surface area (Å²) < 4.78 is 0. The lowest BCUT2D eigenvalue weighted by Crippen LogP contribution is -2.18. The minimum atomic E-state index is -0.481. The Morgan fingerprint density at radius 1 is 1.50 bits per heavy atom. The van der Waals surface area contributed by atoms with E-state index in [1.165, 1.54) is 6.21 Å². The Balaban J connectivity index is 0. The molecule has 0 saturated carbocycles. The Morgan fingerprint density at radius 3 is 2.29 bits per heavy atom. The lowest BCUT2D eigenvalue weighted by molar-refractivity contribution is -0.113. The van der Waals surface area contributed by atoms with Crippen molar-refractivity contribution in [3.05, 3.63) is 25.3 Å². The topological polar surface area (TPSA) is 84.5 Å². The van der Waals surface area contributed by atoms with E-state index in [1.54, 1.807) is 13.0 Å². The second-order valence-corrected chi connectivity index (χ2v) is 1.97. The zero-order valence-corrected chi connectivity index (χ0v) is 8.19. The summed E-state index contributed by atoms with van der Waals surface area (Å²) in [5.41, 5.74) is 4.53. The first-order valence-corrected chi connectivity index (χ1v) is 3.87. The molecule has 0 aliphatic rings. The Morgan fingerprint density at radius 2 is 2.00 bits per heavy atom. The number of amides is 3. The first-order valence-electron chi connectivity index (χ1n) is 3.87. The lowest BCUT2D eigenvalue weighted by Gasteiger charge is -1.91. The number of primary amides is 1. The molecule has 0 aliphatic carbocycles. The van der Waals surface area contributed by atoms with Gasteiger partial charge >= 0.3 is 6.03 Å². The number of nitrogens with zero attached hydrogens (tertiary/aromatic N) is 1. The van der Waals surface area contributed by atoms with Crippen LogP contribution < -0.4 is 11.1 Å². The molecule has 0 aromatic rings. The van der Waals surface area contributed by atoms with Crippen LogP contribution in [0.5, 0.6) is 0 Å². The van der Waals surface area contributed by atoms with Gasteiger partial charge in [-0.15, -0.1) is 6.58 Å². The van der Waals surface area contributed by atoms with Gasteiger partial charge in [-0.1, -0.05) is 12.7 Å². The molecular weight excluding hydrogens is 182 g/mol. The maximum absolute atomic E-state index is 10.4. The van der Waals surface area contributed by atoms with Gasteiger partial charge in [-0.2, -0.15) is 0 Å². The van der Waals surface area contributed by atoms with Gasteiger partial charge in [-0.05, 0) is 13.0 Å². The highest BCUT2D eigenvalue weighted by molar-refractivity contribution is 5.85. The Labute approximate surface area is 83.4 Å². The molecule has 0 heterocycles. The van der Waals surface area contributed by atoms with Crippen LogP contribution in [-0.4, -0.2) is 24.7 Å². The zero-order chi connectivity index (χ0) is 11.4. The number of carbonyl (C=O) groups is 2. The van der Waals surface area contributed by atoms with Crippen molar-refractivity contribution in [2.24, 2.45) is 10.7 Å². The van der Waals surface area contributed by atoms with Gasteiger partial charge in [0.2, 0.25) is 5.91 Å². The molecule has 0 atom stereocenters. The van der Waals surface area contributed by atoms with Crippen molar-refractivity contribution in [1.29, 1.82) is 0 Å². The van der Waals surface area contributed by atoms with Crippen LogP contribution in [-0.2, 0) is 4.79 Å². The van der Waals surface area contributed by atoms with Gasteiger partial charge in [0.05, 0.1) is 0 Å². The van der Waals surface area contributed by atoms with Crippen molar-refractivity contribution in [1.82, 2.24) is 5.32 Å². The van der Waals surface area contributed by atoms with E-state index in [0.717, 1.165) is 6.08 Å². The highest BCUT2D eigenvalue weighted by Gasteiger charge is 1.88. The largest absolute Gasteiger partial charge is 0.366 e. The van der Waals surface area contributed by atoms with E-state index in [0.29, 0.717) is 6.54 Å². The van der Waals surface area contributed by atoms with Gasteiger partial charge < -0.3 is 11.1 Å². The van der Waals surface area contributed by atoms with Crippen molar-refractivity contribution in [2.75, 3.05) is 6.54 Å². The summed E-state index contributed by atoms with van der Waals surface area (Å²) in [6.45, 7) is 8.67. The fraction of sp³-hybridized carbons (Fsp3) is 0.222. The van der Waals surface area contributed by atoms with Crippen molar-refractivity contribution in [2.45, 2.75) is 6.92 Å². The fourth-order valence-corrected chi connectivity index (χ4v) is 0.322. The molecule has 0 unspecified atom stereocenters. The number of rotatable bonds is 3. The lowest BCUT2D eigenvalue weighted by atomic mass is 10.6. The number of nitrogens with one attached hydrogen (secondary N) is 1. The van der Waals surface area contributed by atoms with Crippen LogP contribution >= 0.6 is 0 Å². The molecule has 0 saturated heterocycles. The average Bonchev–Trinajstić information content (AvgIpc) is 2.16. The maximum Gasteiger partial charge on any atom is 0.340 e. The molecule has 0 bridgehead atoms. The number of nitrogens with two attached hydrogens (primary N) is 1. The monoisotopic (exact) mass is 197 g/mol. The maximum atomic E-state index is 10.4. The molecule has 14 heavy (non-hydrogen) atoms. The Kier molecular flexibility index (Phi) is 11.6. The summed E-state index contributed by atoms with van der Waals surface area (Å²) in [5.74, 6) is -0.481. The van der Waals surface area contributed by atoms with Crippen LogP contribution in [0, 0.1) is 0 Å². The van der Waals surface area contributed by atoms with E-state index >= 15 is 0 Å². The number of hydrogen-bond donors (Lipinski definition) is 2. The molecule has 0 aromatic carbocycles. The second kappa shape index (κ2) is 11.1. The SMILES string of the molecule is C=CC(N)=O.C=CCNC(=O)N=CC. The summed E-state index contributed by atoms with van der Waals surface area (Å²) in [5, 5.41) is 2.48. The Bertz CT molecular complexity index is 234. The molecule has 0 spiro atoms. The molecular formula is C9H15N3O2. The van der Waals surface area contributed by atoms with Gasteiger partial charge in [-0.25, -0.2) is 9.79 Å². The van der Waals surface area contributed by atoms with Crippen LogP contribution in [0.1, 0.15) is 6.92 Å². The third kappa shape index (κ3) is 16.6. The number of urea groups is 1. The van der Waals surface area contributed by atoms with Gasteiger partial charge in [-0.3, -0.25) is 4.79 Å². The van der Waals surface area contributed by atoms with Crippen LogP contribution in [0.3, 0.4) is 0 Å². The third-order valence-corrected chi connectivity index (χ3v) is 0.845. The van der Waals surface area contributed by atoms with Crippen molar-refractivity contribution < 1.29 is 9.59 Å². The van der Waals surface area contributed by atoms with Crippen molar-refractivity contribution in [3.63, 3.8) is 0 Å². The number of hydrogen-bond acceptors (Lipinski definition) is 2. The van der Waals surface area contributed by atoms with E-state index in [9.17, 15) is 9.59 Å². The summed E-state index contributed by atoms with van der Waals surface area (Å²) in [4.78, 5) is 23.4. The minimum Gasteiger partial charge on any atom is -0.366 e. The summed E-state index contributed by atoms with van der Waals surface area (Å²) in [6, 6.07) is -0.322. The van der Waals surface area contributed by atoms with Crippen LogP contribution in [0.15, 0.2) is 30.3 Å². The second-order valence-electron chi connectivity index (χ2n) is 1.97. The predicted octanol–water partition coefficient (Wildman–Crippen LogP) is 0.630. The predicted molar refractivity (Wildman–Crippen MR) is 57.2 cm³/mol. The van der Waals surface area contributed by atoms with Crippen LogP contribution in [0.2, 0.25) is 0 Å².